The number of hydrogen-bond donors (Lipinski definition) is 0. The molecule has 3 aromatic heterocycles. The molecular weight excluding hydrogens is 574 g/mol. The van der Waals surface area contributed by atoms with Gasteiger partial charge < -0.3 is 13.6 Å². The molecular formula is C43H25N3O. The van der Waals surface area contributed by atoms with Crippen LogP contribution in [0.15, 0.2) is 156 Å². The summed E-state index contributed by atoms with van der Waals surface area (Å²) in [5.74, 6) is 0. The highest BCUT2D eigenvalue weighted by atomic mass is 16.3. The first-order valence-electron chi connectivity index (χ1n) is 15.7. The van der Waals surface area contributed by atoms with Crippen molar-refractivity contribution in [2.24, 2.45) is 0 Å². The van der Waals surface area contributed by atoms with E-state index in [1.165, 1.54) is 21.8 Å². The van der Waals surface area contributed by atoms with E-state index >= 15 is 0 Å². The van der Waals surface area contributed by atoms with Gasteiger partial charge in [-0.2, -0.15) is 0 Å². The van der Waals surface area contributed by atoms with Gasteiger partial charge >= 0.3 is 0 Å². The molecule has 0 spiro atoms. The Labute approximate surface area is 269 Å². The standard InChI is InChI=1S/C43H25N3O/c1-44-27-22-24-39-34(26-27)42-40(25-23-33-32-16-6-11-21-41(32)47-43(33)42)46(39)38-20-10-5-15-31(38)30-14-4-9-19-37(30)45-35-17-7-2-12-28(35)29-13-3-8-18-36(29)45/h2-26H. The van der Waals surface area contributed by atoms with Crippen LogP contribution in [0.2, 0.25) is 0 Å². The van der Waals surface area contributed by atoms with Gasteiger partial charge in [-0.1, -0.05) is 97.1 Å². The Hall–Kier alpha value is -6.57. The average molecular weight is 600 g/mol. The van der Waals surface area contributed by atoms with Crippen molar-refractivity contribution in [3.8, 4) is 22.5 Å². The van der Waals surface area contributed by atoms with Crippen molar-refractivity contribution in [2.45, 2.75) is 0 Å². The average Bonchev–Trinajstić information content (AvgIpc) is 3.79. The molecule has 0 amide bonds. The summed E-state index contributed by atoms with van der Waals surface area (Å²) in [5, 5.41) is 6.66. The van der Waals surface area contributed by atoms with Crippen molar-refractivity contribution >= 4 is 71.2 Å². The summed E-state index contributed by atoms with van der Waals surface area (Å²) in [4.78, 5) is 3.79. The molecule has 4 heteroatoms. The monoisotopic (exact) mass is 599 g/mol. The predicted molar refractivity (Wildman–Crippen MR) is 194 cm³/mol. The molecule has 0 fully saturated rings. The number of furan rings is 1. The second-order valence-electron chi connectivity index (χ2n) is 12.0. The van der Waals surface area contributed by atoms with Crippen molar-refractivity contribution in [2.75, 3.05) is 0 Å². The maximum atomic E-state index is 7.79. The van der Waals surface area contributed by atoms with Crippen LogP contribution in [0.5, 0.6) is 0 Å². The molecule has 218 valence electrons. The van der Waals surface area contributed by atoms with E-state index in [1.54, 1.807) is 0 Å². The lowest BCUT2D eigenvalue weighted by Gasteiger charge is -2.18. The molecule has 0 saturated heterocycles. The summed E-state index contributed by atoms with van der Waals surface area (Å²) in [6.07, 6.45) is 0. The van der Waals surface area contributed by atoms with E-state index < -0.39 is 0 Å². The van der Waals surface area contributed by atoms with E-state index in [0.717, 1.165) is 66.2 Å². The summed E-state index contributed by atoms with van der Waals surface area (Å²) < 4.78 is 11.3. The third-order valence-electron chi connectivity index (χ3n) is 9.55. The Morgan fingerprint density at radius 2 is 0.979 bits per heavy atom. The molecule has 47 heavy (non-hydrogen) atoms. The molecule has 0 radical (unpaired) electrons. The first-order chi connectivity index (χ1) is 23.3. The minimum atomic E-state index is 0.606. The van der Waals surface area contributed by atoms with E-state index in [2.05, 4.69) is 135 Å². The maximum Gasteiger partial charge on any atom is 0.188 e. The third kappa shape index (κ3) is 3.57. The van der Waals surface area contributed by atoms with Crippen molar-refractivity contribution in [1.82, 2.24) is 9.13 Å². The number of aromatic nitrogens is 2. The number of hydrogen-bond acceptors (Lipinski definition) is 1. The summed E-state index contributed by atoms with van der Waals surface area (Å²) in [6.45, 7) is 7.79. The van der Waals surface area contributed by atoms with Crippen LogP contribution >= 0.6 is 0 Å². The Morgan fingerprint density at radius 1 is 0.447 bits per heavy atom. The molecule has 0 aliphatic rings. The van der Waals surface area contributed by atoms with Gasteiger partial charge in [-0.05, 0) is 54.6 Å². The molecule has 10 aromatic rings. The van der Waals surface area contributed by atoms with E-state index in [1.807, 2.05) is 30.3 Å². The van der Waals surface area contributed by atoms with Crippen LogP contribution in [0.4, 0.5) is 5.69 Å². The van der Waals surface area contributed by atoms with Gasteiger partial charge in [0.2, 0.25) is 0 Å². The quantitative estimate of drug-likeness (QED) is 0.186. The van der Waals surface area contributed by atoms with Crippen LogP contribution < -0.4 is 0 Å². The van der Waals surface area contributed by atoms with E-state index in [9.17, 15) is 0 Å². The smallest absolute Gasteiger partial charge is 0.188 e. The summed E-state index contributed by atoms with van der Waals surface area (Å²) in [6, 6.07) is 53.1. The molecule has 3 heterocycles. The lowest BCUT2D eigenvalue weighted by Crippen LogP contribution is -2.01. The molecule has 4 nitrogen and oxygen atoms in total. The molecule has 7 aromatic carbocycles. The zero-order chi connectivity index (χ0) is 31.1. The van der Waals surface area contributed by atoms with Crippen molar-refractivity contribution in [3.63, 3.8) is 0 Å². The molecule has 0 N–H and O–H groups in total. The Kier molecular flexibility index (Phi) is 5.32. The van der Waals surface area contributed by atoms with Gasteiger partial charge in [-0.3, -0.25) is 0 Å². The van der Waals surface area contributed by atoms with E-state index in [-0.39, 0.29) is 0 Å². The molecule has 0 aliphatic heterocycles. The topological polar surface area (TPSA) is 27.4 Å². The van der Waals surface area contributed by atoms with Crippen LogP contribution in [0, 0.1) is 6.57 Å². The minimum absolute atomic E-state index is 0.606. The highest BCUT2D eigenvalue weighted by Crippen LogP contribution is 2.44. The second kappa shape index (κ2) is 9.71. The van der Waals surface area contributed by atoms with Gasteiger partial charge in [0, 0.05) is 43.4 Å². The first kappa shape index (κ1) is 25.7. The Bertz CT molecular complexity index is 2880. The first-order valence-corrected chi connectivity index (χ1v) is 15.7. The van der Waals surface area contributed by atoms with Gasteiger partial charge in [0.05, 0.1) is 40.0 Å². The zero-order valence-corrected chi connectivity index (χ0v) is 25.2. The predicted octanol–water partition coefficient (Wildman–Crippen LogP) is 12.0. The van der Waals surface area contributed by atoms with Gasteiger partial charge in [0.15, 0.2) is 5.69 Å². The number of fused-ring (bicyclic) bond motifs is 10. The number of para-hydroxylation sites is 5. The van der Waals surface area contributed by atoms with Gasteiger partial charge in [0.25, 0.3) is 0 Å². The van der Waals surface area contributed by atoms with Crippen LogP contribution in [-0.4, -0.2) is 9.13 Å². The van der Waals surface area contributed by atoms with E-state index in [4.69, 9.17) is 11.0 Å². The van der Waals surface area contributed by atoms with Crippen LogP contribution in [0.25, 0.3) is 92.9 Å². The maximum absolute atomic E-state index is 7.79. The van der Waals surface area contributed by atoms with Gasteiger partial charge in [-0.15, -0.1) is 0 Å². The molecule has 0 aliphatic carbocycles. The van der Waals surface area contributed by atoms with Crippen LogP contribution in [-0.2, 0) is 0 Å². The Balaban J connectivity index is 1.31. The zero-order valence-electron chi connectivity index (χ0n) is 25.2. The summed E-state index contributed by atoms with van der Waals surface area (Å²) in [7, 11) is 0. The summed E-state index contributed by atoms with van der Waals surface area (Å²) in [5.41, 5.74) is 11.2. The van der Waals surface area contributed by atoms with Crippen LogP contribution in [0.1, 0.15) is 0 Å². The second-order valence-corrected chi connectivity index (χ2v) is 12.0. The lowest BCUT2D eigenvalue weighted by molar-refractivity contribution is 0.673. The molecule has 0 atom stereocenters. The number of nitrogens with zero attached hydrogens (tertiary/aromatic N) is 3. The largest absolute Gasteiger partial charge is 0.455 e. The molecule has 0 saturated carbocycles. The summed E-state index contributed by atoms with van der Waals surface area (Å²) >= 11 is 0. The van der Waals surface area contributed by atoms with Crippen LogP contribution in [0.3, 0.4) is 0 Å². The molecule has 0 unspecified atom stereocenters. The van der Waals surface area contributed by atoms with Crippen molar-refractivity contribution < 1.29 is 4.42 Å². The fourth-order valence-corrected chi connectivity index (χ4v) is 7.58. The minimum Gasteiger partial charge on any atom is -0.455 e. The number of rotatable bonds is 3. The fraction of sp³-hybridized carbons (Fsp3) is 0. The van der Waals surface area contributed by atoms with Crippen molar-refractivity contribution in [3.05, 3.63) is 163 Å². The van der Waals surface area contributed by atoms with Gasteiger partial charge in [-0.25, -0.2) is 4.85 Å². The van der Waals surface area contributed by atoms with Gasteiger partial charge in [0.1, 0.15) is 11.2 Å². The fourth-order valence-electron chi connectivity index (χ4n) is 7.58. The normalized spacial score (nSPS) is 11.8. The Morgan fingerprint density at radius 3 is 1.66 bits per heavy atom. The third-order valence-corrected chi connectivity index (χ3v) is 9.55. The molecule has 0 bridgehead atoms. The number of benzene rings is 7. The molecule has 10 rings (SSSR count). The lowest BCUT2D eigenvalue weighted by atomic mass is 10.0. The highest BCUT2D eigenvalue weighted by Gasteiger charge is 2.22. The highest BCUT2D eigenvalue weighted by molar-refractivity contribution is 6.24. The van der Waals surface area contributed by atoms with E-state index in [0.29, 0.717) is 5.69 Å². The SMILES string of the molecule is [C-]#[N+]c1ccc2c(c1)c1c3oc4ccccc4c3ccc1n2-c1ccccc1-c1ccccc1-n1c2ccccc2c2ccccc21. The van der Waals surface area contributed by atoms with Crippen molar-refractivity contribution in [1.29, 1.82) is 0 Å².